The third-order valence-electron chi connectivity index (χ3n) is 5.08. The molecule has 3 rings (SSSR count). The van der Waals surface area contributed by atoms with Gasteiger partial charge in [-0.15, -0.1) is 24.0 Å². The summed E-state index contributed by atoms with van der Waals surface area (Å²) in [7, 11) is 0. The molecule has 7 heteroatoms. The first-order chi connectivity index (χ1) is 13.7. The molecule has 0 amide bonds. The minimum absolute atomic E-state index is 0. The zero-order valence-corrected chi connectivity index (χ0v) is 19.9. The number of aromatic nitrogens is 1. The lowest BCUT2D eigenvalue weighted by molar-refractivity contribution is 0.458. The Morgan fingerprint density at radius 1 is 1.28 bits per heavy atom. The maximum absolute atomic E-state index is 5.41. The molecule has 0 spiro atoms. The molecule has 2 aromatic rings. The highest BCUT2D eigenvalue weighted by Gasteiger charge is 2.20. The molecule has 29 heavy (non-hydrogen) atoms. The first kappa shape index (κ1) is 23.5. The van der Waals surface area contributed by atoms with Crippen molar-refractivity contribution >= 4 is 35.8 Å². The fourth-order valence-electron chi connectivity index (χ4n) is 3.35. The lowest BCUT2D eigenvalue weighted by atomic mass is 10.1. The van der Waals surface area contributed by atoms with Crippen molar-refractivity contribution in [3.63, 3.8) is 0 Å². The molecule has 1 fully saturated rings. The third kappa shape index (κ3) is 7.87. The molecule has 1 aliphatic heterocycles. The standard InChI is InChI=1S/C22H33N5O.HI/c1-3-4-12-23-22(24-13-9-20-6-5-16-28-20)26-19-10-14-27(15-11-19)21-8-7-18(2)17-25-21;/h5-8,16-17,19H,3-4,9-15H2,1-2H3,(H2,23,24,26);1H. The van der Waals surface area contributed by atoms with Crippen molar-refractivity contribution in [2.24, 2.45) is 4.99 Å². The zero-order chi connectivity index (χ0) is 19.6. The predicted molar refractivity (Wildman–Crippen MR) is 130 cm³/mol. The van der Waals surface area contributed by atoms with E-state index in [1.54, 1.807) is 6.26 Å². The Morgan fingerprint density at radius 3 is 2.76 bits per heavy atom. The summed E-state index contributed by atoms with van der Waals surface area (Å²) in [4.78, 5) is 11.7. The lowest BCUT2D eigenvalue weighted by Gasteiger charge is -2.34. The lowest BCUT2D eigenvalue weighted by Crippen LogP contribution is -2.49. The number of nitrogens with one attached hydrogen (secondary N) is 2. The molecule has 1 saturated heterocycles. The highest BCUT2D eigenvalue weighted by atomic mass is 127. The van der Waals surface area contributed by atoms with Gasteiger partial charge in [-0.3, -0.25) is 4.99 Å². The number of guanidine groups is 1. The summed E-state index contributed by atoms with van der Waals surface area (Å²) in [6.07, 6.45) is 8.97. The van der Waals surface area contributed by atoms with Crippen LogP contribution in [0.1, 0.15) is 43.9 Å². The Bertz CT molecular complexity index is 709. The van der Waals surface area contributed by atoms with Crippen LogP contribution in [0.3, 0.4) is 0 Å². The largest absolute Gasteiger partial charge is 0.469 e. The van der Waals surface area contributed by atoms with Gasteiger partial charge in [0, 0.05) is 44.8 Å². The van der Waals surface area contributed by atoms with Crippen LogP contribution in [0.15, 0.2) is 46.1 Å². The number of furan rings is 1. The fraction of sp³-hybridized carbons (Fsp3) is 0.545. The molecule has 0 aliphatic carbocycles. The number of aliphatic imine (C=N–C) groups is 1. The van der Waals surface area contributed by atoms with Crippen molar-refractivity contribution in [2.45, 2.75) is 52.0 Å². The smallest absolute Gasteiger partial charge is 0.191 e. The van der Waals surface area contributed by atoms with Gasteiger partial charge >= 0.3 is 0 Å². The minimum atomic E-state index is 0. The van der Waals surface area contributed by atoms with Gasteiger partial charge in [-0.1, -0.05) is 19.4 Å². The van der Waals surface area contributed by atoms with Gasteiger partial charge in [-0.05, 0) is 49.9 Å². The van der Waals surface area contributed by atoms with Gasteiger partial charge in [-0.25, -0.2) is 4.98 Å². The summed E-state index contributed by atoms with van der Waals surface area (Å²) in [5, 5.41) is 7.10. The summed E-state index contributed by atoms with van der Waals surface area (Å²) >= 11 is 0. The second kappa shape index (κ2) is 12.7. The Balaban J connectivity index is 0.00000300. The van der Waals surface area contributed by atoms with E-state index in [1.165, 1.54) is 5.56 Å². The molecule has 6 nitrogen and oxygen atoms in total. The van der Waals surface area contributed by atoms with E-state index in [-0.39, 0.29) is 24.0 Å². The van der Waals surface area contributed by atoms with E-state index in [1.807, 2.05) is 18.3 Å². The molecule has 0 saturated carbocycles. The van der Waals surface area contributed by atoms with Gasteiger partial charge in [0.05, 0.1) is 6.26 Å². The zero-order valence-electron chi connectivity index (χ0n) is 17.6. The molecule has 0 unspecified atom stereocenters. The number of pyridine rings is 1. The molecule has 3 heterocycles. The van der Waals surface area contributed by atoms with Crippen LogP contribution in [0.5, 0.6) is 0 Å². The molecule has 2 N–H and O–H groups in total. The van der Waals surface area contributed by atoms with Gasteiger partial charge in [-0.2, -0.15) is 0 Å². The summed E-state index contributed by atoms with van der Waals surface area (Å²) in [6.45, 7) is 7.98. The van der Waals surface area contributed by atoms with E-state index in [2.05, 4.69) is 46.5 Å². The minimum Gasteiger partial charge on any atom is -0.469 e. The number of aryl methyl sites for hydroxylation is 1. The number of nitrogens with zero attached hydrogens (tertiary/aromatic N) is 3. The highest BCUT2D eigenvalue weighted by molar-refractivity contribution is 14.0. The van der Waals surface area contributed by atoms with Gasteiger partial charge in [0.25, 0.3) is 0 Å². The van der Waals surface area contributed by atoms with E-state index in [0.717, 1.165) is 75.8 Å². The molecule has 2 aromatic heterocycles. The van der Waals surface area contributed by atoms with Gasteiger partial charge in [0.15, 0.2) is 5.96 Å². The SMILES string of the molecule is CCCCN=C(NCCc1ccco1)NC1CCN(c2ccc(C)cn2)CC1.I. The van der Waals surface area contributed by atoms with Crippen LogP contribution in [0.25, 0.3) is 0 Å². The third-order valence-corrected chi connectivity index (χ3v) is 5.08. The first-order valence-corrected chi connectivity index (χ1v) is 10.5. The van der Waals surface area contributed by atoms with Crippen LogP contribution in [0.2, 0.25) is 0 Å². The van der Waals surface area contributed by atoms with Gasteiger partial charge < -0.3 is 20.0 Å². The average Bonchev–Trinajstić information content (AvgIpc) is 3.23. The second-order valence-electron chi connectivity index (χ2n) is 7.44. The molecule has 160 valence electrons. The van der Waals surface area contributed by atoms with Crippen molar-refractivity contribution in [3.05, 3.63) is 48.0 Å². The molecule has 1 aliphatic rings. The summed E-state index contributed by atoms with van der Waals surface area (Å²) in [5.74, 6) is 3.00. The Labute approximate surface area is 191 Å². The number of rotatable bonds is 8. The van der Waals surface area contributed by atoms with E-state index >= 15 is 0 Å². The van der Waals surface area contributed by atoms with Gasteiger partial charge in [0.1, 0.15) is 11.6 Å². The van der Waals surface area contributed by atoms with Crippen molar-refractivity contribution in [3.8, 4) is 0 Å². The van der Waals surface area contributed by atoms with E-state index in [4.69, 9.17) is 9.41 Å². The second-order valence-corrected chi connectivity index (χ2v) is 7.44. The Kier molecular flexibility index (Phi) is 10.3. The molecule has 0 bridgehead atoms. The molecule has 0 radical (unpaired) electrons. The van der Waals surface area contributed by atoms with Crippen molar-refractivity contribution < 1.29 is 4.42 Å². The number of halogens is 1. The molecular weight excluding hydrogens is 477 g/mol. The molecular formula is C22H34IN5O. The number of hydrogen-bond donors (Lipinski definition) is 2. The van der Waals surface area contributed by atoms with E-state index < -0.39 is 0 Å². The van der Waals surface area contributed by atoms with Crippen LogP contribution in [-0.2, 0) is 6.42 Å². The Morgan fingerprint density at radius 2 is 2.10 bits per heavy atom. The topological polar surface area (TPSA) is 65.7 Å². The van der Waals surface area contributed by atoms with Crippen molar-refractivity contribution in [2.75, 3.05) is 31.1 Å². The van der Waals surface area contributed by atoms with Crippen LogP contribution >= 0.6 is 24.0 Å². The van der Waals surface area contributed by atoms with Gasteiger partial charge in [0.2, 0.25) is 0 Å². The fourth-order valence-corrected chi connectivity index (χ4v) is 3.35. The monoisotopic (exact) mass is 511 g/mol. The number of unbranched alkanes of at least 4 members (excludes halogenated alkanes) is 1. The van der Waals surface area contributed by atoms with Crippen molar-refractivity contribution in [1.29, 1.82) is 0 Å². The summed E-state index contributed by atoms with van der Waals surface area (Å²) in [6, 6.07) is 8.64. The number of hydrogen-bond acceptors (Lipinski definition) is 4. The first-order valence-electron chi connectivity index (χ1n) is 10.5. The van der Waals surface area contributed by atoms with Crippen LogP contribution in [-0.4, -0.2) is 43.2 Å². The van der Waals surface area contributed by atoms with E-state index in [0.29, 0.717) is 6.04 Å². The quantitative estimate of drug-likeness (QED) is 0.241. The molecule has 0 atom stereocenters. The number of anilines is 1. The normalized spacial score (nSPS) is 15.1. The van der Waals surface area contributed by atoms with Crippen LogP contribution in [0.4, 0.5) is 5.82 Å². The number of piperidine rings is 1. The Hall–Kier alpha value is -1.77. The predicted octanol–water partition coefficient (Wildman–Crippen LogP) is 4.15. The maximum atomic E-state index is 5.41. The van der Waals surface area contributed by atoms with Crippen LogP contribution < -0.4 is 15.5 Å². The summed E-state index contributed by atoms with van der Waals surface area (Å²) in [5.41, 5.74) is 1.20. The average molecular weight is 511 g/mol. The van der Waals surface area contributed by atoms with Crippen LogP contribution in [0, 0.1) is 6.92 Å². The van der Waals surface area contributed by atoms with E-state index in [9.17, 15) is 0 Å². The maximum Gasteiger partial charge on any atom is 0.191 e. The van der Waals surface area contributed by atoms with Crippen molar-refractivity contribution in [1.82, 2.24) is 15.6 Å². The summed E-state index contributed by atoms with van der Waals surface area (Å²) < 4.78 is 5.41. The molecule has 0 aromatic carbocycles. The highest BCUT2D eigenvalue weighted by Crippen LogP contribution is 2.18.